The first kappa shape index (κ1) is 16.4. The molecule has 1 saturated heterocycles. The summed E-state index contributed by atoms with van der Waals surface area (Å²) < 4.78 is 38.7. The second kappa shape index (κ2) is 6.65. The summed E-state index contributed by atoms with van der Waals surface area (Å²) in [5.74, 6) is -0.588. The normalized spacial score (nSPS) is 20.8. The van der Waals surface area contributed by atoms with E-state index >= 15 is 0 Å². The maximum Gasteiger partial charge on any atom is 0.218 e. The highest BCUT2D eigenvalue weighted by atomic mass is 35.5. The van der Waals surface area contributed by atoms with Gasteiger partial charge < -0.3 is 5.73 Å². The summed E-state index contributed by atoms with van der Waals surface area (Å²) in [5.41, 5.74) is 6.24. The van der Waals surface area contributed by atoms with E-state index in [0.29, 0.717) is 18.7 Å². The van der Waals surface area contributed by atoms with Gasteiger partial charge >= 0.3 is 0 Å². The van der Waals surface area contributed by atoms with E-state index in [0.717, 1.165) is 12.8 Å². The van der Waals surface area contributed by atoms with Gasteiger partial charge in [-0.05, 0) is 30.5 Å². The Kier molecular flexibility index (Phi) is 5.73. The van der Waals surface area contributed by atoms with Crippen molar-refractivity contribution >= 4 is 22.4 Å². The lowest BCUT2D eigenvalue weighted by atomic mass is 10.1. The Balaban J connectivity index is 0.00000180. The molecule has 1 heterocycles. The van der Waals surface area contributed by atoms with Crippen molar-refractivity contribution in [2.24, 2.45) is 5.73 Å². The van der Waals surface area contributed by atoms with Gasteiger partial charge in [-0.3, -0.25) is 0 Å². The van der Waals surface area contributed by atoms with Crippen molar-refractivity contribution < 1.29 is 12.8 Å². The summed E-state index contributed by atoms with van der Waals surface area (Å²) in [4.78, 5) is 0. The smallest absolute Gasteiger partial charge is 0.218 e. The second-order valence-electron chi connectivity index (χ2n) is 4.65. The maximum absolute atomic E-state index is 13.0. The van der Waals surface area contributed by atoms with Gasteiger partial charge in [0.15, 0.2) is 0 Å². The van der Waals surface area contributed by atoms with Gasteiger partial charge in [0.05, 0.1) is 5.75 Å². The van der Waals surface area contributed by atoms with Crippen LogP contribution in [-0.4, -0.2) is 31.9 Å². The van der Waals surface area contributed by atoms with Crippen molar-refractivity contribution in [1.29, 1.82) is 0 Å². The summed E-state index contributed by atoms with van der Waals surface area (Å²) in [5, 5.41) is 0. The Morgan fingerprint density at radius 3 is 2.79 bits per heavy atom. The number of nitrogens with two attached hydrogens (primary N) is 1. The van der Waals surface area contributed by atoms with Crippen molar-refractivity contribution in [3.8, 4) is 0 Å². The van der Waals surface area contributed by atoms with Crippen LogP contribution in [0.5, 0.6) is 0 Å². The van der Waals surface area contributed by atoms with Crippen LogP contribution in [0, 0.1) is 5.82 Å². The molecular formula is C12H18ClFN2O2S. The molecule has 0 aromatic heterocycles. The van der Waals surface area contributed by atoms with Gasteiger partial charge in [-0.25, -0.2) is 17.1 Å². The van der Waals surface area contributed by atoms with E-state index in [9.17, 15) is 12.8 Å². The van der Waals surface area contributed by atoms with Crippen LogP contribution in [0.2, 0.25) is 0 Å². The van der Waals surface area contributed by atoms with E-state index in [1.165, 1.54) is 22.5 Å². The molecule has 0 aliphatic carbocycles. The predicted molar refractivity (Wildman–Crippen MR) is 75.1 cm³/mol. The van der Waals surface area contributed by atoms with E-state index < -0.39 is 15.8 Å². The van der Waals surface area contributed by atoms with Crippen LogP contribution in [0.4, 0.5) is 4.39 Å². The minimum Gasteiger partial charge on any atom is -0.327 e. The average Bonchev–Trinajstić information content (AvgIpc) is 2.28. The topological polar surface area (TPSA) is 63.4 Å². The Labute approximate surface area is 119 Å². The number of rotatable bonds is 3. The van der Waals surface area contributed by atoms with Crippen LogP contribution in [-0.2, 0) is 15.8 Å². The Morgan fingerprint density at radius 1 is 1.42 bits per heavy atom. The fourth-order valence-corrected chi connectivity index (χ4v) is 3.76. The molecule has 2 N–H and O–H groups in total. The van der Waals surface area contributed by atoms with E-state index in [1.54, 1.807) is 6.07 Å². The van der Waals surface area contributed by atoms with Crippen LogP contribution in [0.3, 0.4) is 0 Å². The molecule has 0 radical (unpaired) electrons. The molecule has 1 atom stereocenters. The zero-order valence-corrected chi connectivity index (χ0v) is 12.1. The number of halogens is 2. The lowest BCUT2D eigenvalue weighted by Crippen LogP contribution is -2.46. The molecule has 2 rings (SSSR count). The van der Waals surface area contributed by atoms with Gasteiger partial charge in [0.1, 0.15) is 5.82 Å². The molecule has 0 amide bonds. The first-order chi connectivity index (χ1) is 8.47. The molecule has 0 spiro atoms. The van der Waals surface area contributed by atoms with Crippen molar-refractivity contribution in [2.45, 2.75) is 24.6 Å². The lowest BCUT2D eigenvalue weighted by Gasteiger charge is -2.29. The number of hydrogen-bond acceptors (Lipinski definition) is 3. The zero-order chi connectivity index (χ0) is 13.2. The molecule has 19 heavy (non-hydrogen) atoms. The van der Waals surface area contributed by atoms with Crippen LogP contribution in [0.1, 0.15) is 18.4 Å². The van der Waals surface area contributed by atoms with Gasteiger partial charge in [-0.2, -0.15) is 0 Å². The maximum atomic E-state index is 13.0. The first-order valence-corrected chi connectivity index (χ1v) is 7.56. The van der Waals surface area contributed by atoms with Gasteiger partial charge in [0, 0.05) is 19.1 Å². The third-order valence-electron chi connectivity index (χ3n) is 3.05. The van der Waals surface area contributed by atoms with Crippen molar-refractivity contribution in [3.63, 3.8) is 0 Å². The average molecular weight is 309 g/mol. The Hall–Kier alpha value is -0.690. The fourth-order valence-electron chi connectivity index (χ4n) is 2.16. The third-order valence-corrected chi connectivity index (χ3v) is 4.87. The van der Waals surface area contributed by atoms with E-state index in [-0.39, 0.29) is 24.2 Å². The van der Waals surface area contributed by atoms with Crippen molar-refractivity contribution in [2.75, 3.05) is 13.1 Å². The first-order valence-electron chi connectivity index (χ1n) is 5.95. The monoisotopic (exact) mass is 308 g/mol. The van der Waals surface area contributed by atoms with Gasteiger partial charge in [-0.15, -0.1) is 12.4 Å². The number of benzene rings is 1. The molecule has 0 bridgehead atoms. The zero-order valence-electron chi connectivity index (χ0n) is 10.5. The summed E-state index contributed by atoms with van der Waals surface area (Å²) in [7, 11) is -3.40. The molecule has 1 aliphatic heterocycles. The summed E-state index contributed by atoms with van der Waals surface area (Å²) >= 11 is 0. The molecule has 1 aromatic carbocycles. The van der Waals surface area contributed by atoms with E-state index in [1.807, 2.05) is 0 Å². The molecule has 7 heteroatoms. The Bertz CT molecular complexity index is 524. The standard InChI is InChI=1S/C12H17FN2O2S.ClH/c13-11-4-1-3-10(7-11)9-18(16,17)15-6-2-5-12(14)8-15;/h1,3-4,7,12H,2,5-6,8-9,14H2;1H. The van der Waals surface area contributed by atoms with Gasteiger partial charge in [0.2, 0.25) is 10.0 Å². The van der Waals surface area contributed by atoms with Gasteiger partial charge in [0.25, 0.3) is 0 Å². The second-order valence-corrected chi connectivity index (χ2v) is 6.62. The highest BCUT2D eigenvalue weighted by Gasteiger charge is 2.27. The minimum atomic E-state index is -3.40. The predicted octanol–water partition coefficient (Wildman–Crippen LogP) is 1.50. The lowest BCUT2D eigenvalue weighted by molar-refractivity contribution is 0.315. The largest absolute Gasteiger partial charge is 0.327 e. The minimum absolute atomic E-state index is 0. The summed E-state index contributed by atoms with van der Waals surface area (Å²) in [6, 6.07) is 5.59. The van der Waals surface area contributed by atoms with Crippen molar-refractivity contribution in [3.05, 3.63) is 35.6 Å². The van der Waals surface area contributed by atoms with Crippen molar-refractivity contribution in [1.82, 2.24) is 4.31 Å². The van der Waals surface area contributed by atoms with Crippen LogP contribution < -0.4 is 5.73 Å². The number of piperidine rings is 1. The molecule has 1 unspecified atom stereocenters. The third kappa shape index (κ3) is 4.42. The van der Waals surface area contributed by atoms with Crippen LogP contribution >= 0.6 is 12.4 Å². The quantitative estimate of drug-likeness (QED) is 0.920. The molecule has 1 aromatic rings. The summed E-state index contributed by atoms with van der Waals surface area (Å²) in [6.45, 7) is 0.864. The molecule has 108 valence electrons. The number of nitrogens with zero attached hydrogens (tertiary/aromatic N) is 1. The fraction of sp³-hybridized carbons (Fsp3) is 0.500. The Morgan fingerprint density at radius 2 is 2.16 bits per heavy atom. The van der Waals surface area contributed by atoms with Crippen LogP contribution in [0.15, 0.2) is 24.3 Å². The molecule has 1 fully saturated rings. The molecule has 0 saturated carbocycles. The molecule has 1 aliphatic rings. The number of sulfonamides is 1. The molecule has 4 nitrogen and oxygen atoms in total. The van der Waals surface area contributed by atoms with E-state index in [4.69, 9.17) is 5.73 Å². The van der Waals surface area contributed by atoms with Crippen LogP contribution in [0.25, 0.3) is 0 Å². The number of hydrogen-bond donors (Lipinski definition) is 1. The summed E-state index contributed by atoms with van der Waals surface area (Å²) in [6.07, 6.45) is 1.63. The highest BCUT2D eigenvalue weighted by Crippen LogP contribution is 2.17. The SMILES string of the molecule is Cl.NC1CCCN(S(=O)(=O)Cc2cccc(F)c2)C1. The highest BCUT2D eigenvalue weighted by molar-refractivity contribution is 7.88. The van der Waals surface area contributed by atoms with E-state index in [2.05, 4.69) is 0 Å². The molecular weight excluding hydrogens is 291 g/mol. The van der Waals surface area contributed by atoms with Gasteiger partial charge in [-0.1, -0.05) is 12.1 Å².